The summed E-state index contributed by atoms with van der Waals surface area (Å²) in [5.74, 6) is 0.126. The maximum Gasteiger partial charge on any atom is 0.320 e. The van der Waals surface area contributed by atoms with Crippen molar-refractivity contribution in [2.24, 2.45) is 0 Å². The van der Waals surface area contributed by atoms with E-state index in [2.05, 4.69) is 0 Å². The highest BCUT2D eigenvalue weighted by atomic mass is 16.6. The van der Waals surface area contributed by atoms with Gasteiger partial charge >= 0.3 is 5.69 Å². The Bertz CT molecular complexity index is 1270. The summed E-state index contributed by atoms with van der Waals surface area (Å²) in [5.41, 5.74) is -0.199. The fraction of sp³-hybridized carbons (Fsp3) is 0.240. The van der Waals surface area contributed by atoms with Crippen LogP contribution in [0.1, 0.15) is 11.6 Å². The standard InChI is InChI=1S/C25H24N2O9/c1-32-17-11-10-16(20(22(17)28)27(30)31)21-24(36-15-8-6-5-7-9-15)25(29)26(21)14-12-18(33-2)23(35-4)19(13-14)34-3/h5-13,21,24,28H,1-4H3/t21-,24+/m1/s1. The van der Waals surface area contributed by atoms with Gasteiger partial charge < -0.3 is 28.8 Å². The molecule has 11 heteroatoms. The largest absolute Gasteiger partial charge is 0.500 e. The van der Waals surface area contributed by atoms with Crippen LogP contribution in [0.3, 0.4) is 0 Å². The highest BCUT2D eigenvalue weighted by Crippen LogP contribution is 2.51. The molecule has 0 spiro atoms. The number of ether oxygens (including phenoxy) is 5. The fourth-order valence-electron chi connectivity index (χ4n) is 4.19. The minimum absolute atomic E-state index is 0.0626. The topological polar surface area (TPSA) is 130 Å². The van der Waals surface area contributed by atoms with E-state index in [1.807, 2.05) is 0 Å². The van der Waals surface area contributed by atoms with E-state index in [1.165, 1.54) is 45.5 Å². The maximum atomic E-state index is 13.4. The number of amides is 1. The predicted octanol–water partition coefficient (Wildman–Crippen LogP) is 3.87. The van der Waals surface area contributed by atoms with E-state index in [0.717, 1.165) is 0 Å². The zero-order valence-corrected chi connectivity index (χ0v) is 20.0. The summed E-state index contributed by atoms with van der Waals surface area (Å²) in [6, 6.07) is 13.6. The van der Waals surface area contributed by atoms with Crippen molar-refractivity contribution < 1.29 is 38.5 Å². The lowest BCUT2D eigenvalue weighted by Gasteiger charge is -2.46. The lowest BCUT2D eigenvalue weighted by Crippen LogP contribution is -2.61. The van der Waals surface area contributed by atoms with Crippen LogP contribution in [0.4, 0.5) is 11.4 Å². The molecule has 0 radical (unpaired) electrons. The molecule has 0 saturated carbocycles. The van der Waals surface area contributed by atoms with Gasteiger partial charge in [0.15, 0.2) is 17.2 Å². The second-order valence-electron chi connectivity index (χ2n) is 7.70. The molecule has 0 aromatic heterocycles. The van der Waals surface area contributed by atoms with Crippen LogP contribution in [-0.4, -0.2) is 50.5 Å². The Morgan fingerprint density at radius 2 is 1.50 bits per heavy atom. The number of carbonyl (C=O) groups is 1. The number of nitro groups is 1. The van der Waals surface area contributed by atoms with Crippen molar-refractivity contribution >= 4 is 17.3 Å². The van der Waals surface area contributed by atoms with Crippen molar-refractivity contribution in [3.63, 3.8) is 0 Å². The van der Waals surface area contributed by atoms with E-state index in [1.54, 1.807) is 42.5 Å². The number of benzene rings is 3. The number of aromatic hydroxyl groups is 1. The first-order chi connectivity index (χ1) is 17.4. The van der Waals surface area contributed by atoms with Gasteiger partial charge in [0, 0.05) is 12.1 Å². The Morgan fingerprint density at radius 3 is 2.03 bits per heavy atom. The molecule has 1 aliphatic heterocycles. The van der Waals surface area contributed by atoms with Crippen LogP contribution in [0.2, 0.25) is 0 Å². The number of β-lactam (4-membered cyclic amide) rings is 1. The van der Waals surface area contributed by atoms with E-state index >= 15 is 0 Å². The molecule has 0 bridgehead atoms. The molecule has 1 N–H and O–H groups in total. The SMILES string of the molecule is COc1ccc([C@@H]2[C@H](Oc3ccccc3)C(=O)N2c2cc(OC)c(OC)c(OC)c2)c([N+](=O)[O-])c1O. The summed E-state index contributed by atoms with van der Waals surface area (Å²) in [6.07, 6.45) is -1.11. The molecule has 1 amide bonds. The van der Waals surface area contributed by atoms with Gasteiger partial charge in [-0.15, -0.1) is 0 Å². The zero-order chi connectivity index (χ0) is 26.0. The highest BCUT2D eigenvalue weighted by Gasteiger charge is 2.54. The molecule has 1 fully saturated rings. The number of nitro benzene ring substituents is 1. The molecule has 0 aliphatic carbocycles. The van der Waals surface area contributed by atoms with Crippen molar-refractivity contribution in [1.29, 1.82) is 0 Å². The first-order valence-corrected chi connectivity index (χ1v) is 10.7. The van der Waals surface area contributed by atoms with E-state index in [-0.39, 0.29) is 22.8 Å². The summed E-state index contributed by atoms with van der Waals surface area (Å²) in [7, 11) is 5.61. The van der Waals surface area contributed by atoms with Crippen LogP contribution in [0, 0.1) is 10.1 Å². The van der Waals surface area contributed by atoms with Gasteiger partial charge in [-0.3, -0.25) is 19.8 Å². The average molecular weight is 496 g/mol. The first kappa shape index (κ1) is 24.5. The van der Waals surface area contributed by atoms with Crippen LogP contribution in [0.5, 0.6) is 34.5 Å². The van der Waals surface area contributed by atoms with Crippen LogP contribution in [0.25, 0.3) is 0 Å². The molecule has 188 valence electrons. The van der Waals surface area contributed by atoms with Gasteiger partial charge in [0.2, 0.25) is 17.6 Å². The Labute approximate surface area is 206 Å². The van der Waals surface area contributed by atoms with Gasteiger partial charge in [-0.2, -0.15) is 0 Å². The molecule has 1 saturated heterocycles. The van der Waals surface area contributed by atoms with Crippen molar-refractivity contribution in [3.8, 4) is 34.5 Å². The molecule has 1 heterocycles. The summed E-state index contributed by atoms with van der Waals surface area (Å²) < 4.78 is 27.2. The molecule has 1 aliphatic rings. The summed E-state index contributed by atoms with van der Waals surface area (Å²) in [4.78, 5) is 26.0. The van der Waals surface area contributed by atoms with Crippen LogP contribution in [-0.2, 0) is 4.79 Å². The highest BCUT2D eigenvalue weighted by molar-refractivity contribution is 6.06. The van der Waals surface area contributed by atoms with Gasteiger partial charge in [-0.05, 0) is 24.3 Å². The number of anilines is 1. The Kier molecular flexibility index (Phi) is 6.73. The van der Waals surface area contributed by atoms with Gasteiger partial charge in [0.25, 0.3) is 5.91 Å². The molecule has 11 nitrogen and oxygen atoms in total. The van der Waals surface area contributed by atoms with Crippen molar-refractivity contribution in [2.75, 3.05) is 33.3 Å². The molecular weight excluding hydrogens is 472 g/mol. The molecule has 36 heavy (non-hydrogen) atoms. The van der Waals surface area contributed by atoms with Crippen LogP contribution >= 0.6 is 0 Å². The minimum Gasteiger partial charge on any atom is -0.500 e. The number of hydrogen-bond donors (Lipinski definition) is 1. The maximum absolute atomic E-state index is 13.4. The van der Waals surface area contributed by atoms with Gasteiger partial charge in [0.05, 0.1) is 44.6 Å². The summed E-state index contributed by atoms with van der Waals surface area (Å²) in [5, 5.41) is 22.6. The smallest absolute Gasteiger partial charge is 0.320 e. The van der Waals surface area contributed by atoms with Crippen LogP contribution in [0.15, 0.2) is 54.6 Å². The molecule has 4 rings (SSSR count). The Morgan fingerprint density at radius 1 is 0.889 bits per heavy atom. The number of phenols is 1. The molecule has 3 aromatic carbocycles. The third-order valence-corrected chi connectivity index (χ3v) is 5.85. The number of methoxy groups -OCH3 is 4. The van der Waals surface area contributed by atoms with E-state index in [9.17, 15) is 20.0 Å². The molecule has 3 aromatic rings. The normalized spacial score (nSPS) is 16.7. The second kappa shape index (κ2) is 9.90. The van der Waals surface area contributed by atoms with Gasteiger partial charge in [0.1, 0.15) is 11.8 Å². The quantitative estimate of drug-likeness (QED) is 0.266. The van der Waals surface area contributed by atoms with E-state index in [4.69, 9.17) is 23.7 Å². The fourth-order valence-corrected chi connectivity index (χ4v) is 4.19. The summed E-state index contributed by atoms with van der Waals surface area (Å²) >= 11 is 0. The Hall–Kier alpha value is -4.67. The zero-order valence-electron chi connectivity index (χ0n) is 20.0. The molecular formula is C25H24N2O9. The number of hydrogen-bond acceptors (Lipinski definition) is 9. The number of phenolic OH excluding ortho intramolecular Hbond substituents is 1. The van der Waals surface area contributed by atoms with E-state index < -0.39 is 34.4 Å². The number of carbonyl (C=O) groups excluding carboxylic acids is 1. The van der Waals surface area contributed by atoms with E-state index in [0.29, 0.717) is 17.2 Å². The third-order valence-electron chi connectivity index (χ3n) is 5.85. The van der Waals surface area contributed by atoms with Crippen molar-refractivity contribution in [3.05, 3.63) is 70.3 Å². The molecule has 2 atom stereocenters. The number of nitrogens with zero attached hydrogens (tertiary/aromatic N) is 2. The monoisotopic (exact) mass is 496 g/mol. The lowest BCUT2D eigenvalue weighted by atomic mass is 9.88. The predicted molar refractivity (Wildman–Crippen MR) is 128 cm³/mol. The molecule has 0 unspecified atom stereocenters. The summed E-state index contributed by atoms with van der Waals surface area (Å²) in [6.45, 7) is 0. The first-order valence-electron chi connectivity index (χ1n) is 10.7. The Balaban J connectivity index is 1.88. The van der Waals surface area contributed by atoms with Crippen molar-refractivity contribution in [2.45, 2.75) is 12.1 Å². The van der Waals surface area contributed by atoms with Gasteiger partial charge in [-0.1, -0.05) is 18.2 Å². The van der Waals surface area contributed by atoms with Crippen molar-refractivity contribution in [1.82, 2.24) is 0 Å². The minimum atomic E-state index is -1.11. The average Bonchev–Trinajstić information content (AvgIpc) is 2.89. The number of rotatable bonds is 9. The number of para-hydroxylation sites is 1. The lowest BCUT2D eigenvalue weighted by molar-refractivity contribution is -0.387. The van der Waals surface area contributed by atoms with Gasteiger partial charge in [-0.25, -0.2) is 0 Å². The second-order valence-corrected chi connectivity index (χ2v) is 7.70. The third kappa shape index (κ3) is 4.04. The van der Waals surface area contributed by atoms with Crippen LogP contribution < -0.4 is 28.6 Å².